The van der Waals surface area contributed by atoms with Crippen LogP contribution in [0.2, 0.25) is 0 Å². The Kier molecular flexibility index (Phi) is 2.67. The van der Waals surface area contributed by atoms with Gasteiger partial charge in [-0.2, -0.15) is 18.7 Å². The standard InChI is InChI=1S/C10H10F3NO/c11-10(12,13)8-3-1-2-7(6-8)9-4-5-15-14-9/h1-3,6,9,14H,4-5H2. The first-order valence-corrected chi connectivity index (χ1v) is 4.62. The van der Waals surface area contributed by atoms with E-state index in [2.05, 4.69) is 5.48 Å². The second kappa shape index (κ2) is 3.83. The van der Waals surface area contributed by atoms with E-state index in [1.54, 1.807) is 6.07 Å². The largest absolute Gasteiger partial charge is 0.416 e. The Bertz CT molecular complexity index is 345. The number of benzene rings is 1. The Balaban J connectivity index is 2.26. The normalized spacial score (nSPS) is 21.9. The molecule has 15 heavy (non-hydrogen) atoms. The Labute approximate surface area is 85.0 Å². The van der Waals surface area contributed by atoms with Crippen LogP contribution < -0.4 is 5.48 Å². The molecule has 5 heteroatoms. The summed E-state index contributed by atoms with van der Waals surface area (Å²) in [5.41, 5.74) is 2.68. The fraction of sp³-hybridized carbons (Fsp3) is 0.400. The van der Waals surface area contributed by atoms with Crippen molar-refractivity contribution in [3.8, 4) is 0 Å². The van der Waals surface area contributed by atoms with Crippen LogP contribution in [0.3, 0.4) is 0 Å². The molecule has 0 radical (unpaired) electrons. The van der Waals surface area contributed by atoms with Gasteiger partial charge in [0, 0.05) is 0 Å². The lowest BCUT2D eigenvalue weighted by Gasteiger charge is -2.12. The topological polar surface area (TPSA) is 21.3 Å². The lowest BCUT2D eigenvalue weighted by atomic mass is 10.0. The number of hydrogen-bond acceptors (Lipinski definition) is 2. The second-order valence-electron chi connectivity index (χ2n) is 3.43. The van der Waals surface area contributed by atoms with Gasteiger partial charge in [0.2, 0.25) is 0 Å². The second-order valence-corrected chi connectivity index (χ2v) is 3.43. The molecule has 0 bridgehead atoms. The van der Waals surface area contributed by atoms with Gasteiger partial charge in [-0.15, -0.1) is 0 Å². The molecule has 0 spiro atoms. The van der Waals surface area contributed by atoms with Gasteiger partial charge in [0.1, 0.15) is 0 Å². The van der Waals surface area contributed by atoms with Crippen LogP contribution in [0, 0.1) is 0 Å². The predicted octanol–water partition coefficient (Wildman–Crippen LogP) is 2.67. The lowest BCUT2D eigenvalue weighted by molar-refractivity contribution is -0.137. The number of halogens is 3. The van der Waals surface area contributed by atoms with Gasteiger partial charge in [-0.05, 0) is 24.1 Å². The Morgan fingerprint density at radius 1 is 1.33 bits per heavy atom. The lowest BCUT2D eigenvalue weighted by Crippen LogP contribution is -2.13. The molecule has 0 aliphatic carbocycles. The van der Waals surface area contributed by atoms with Crippen LogP contribution in [0.25, 0.3) is 0 Å². The Hall–Kier alpha value is -1.07. The van der Waals surface area contributed by atoms with Crippen LogP contribution in [0.1, 0.15) is 23.6 Å². The van der Waals surface area contributed by atoms with Gasteiger partial charge in [-0.1, -0.05) is 12.1 Å². The molecule has 1 saturated heterocycles. The average Bonchev–Trinajstić information content (AvgIpc) is 2.69. The highest BCUT2D eigenvalue weighted by molar-refractivity contribution is 5.28. The van der Waals surface area contributed by atoms with Crippen molar-refractivity contribution in [2.45, 2.75) is 18.6 Å². The van der Waals surface area contributed by atoms with Gasteiger partial charge in [-0.25, -0.2) is 0 Å². The van der Waals surface area contributed by atoms with E-state index in [4.69, 9.17) is 4.84 Å². The van der Waals surface area contributed by atoms with E-state index in [9.17, 15) is 13.2 Å². The maximum absolute atomic E-state index is 12.4. The molecule has 1 aliphatic rings. The van der Waals surface area contributed by atoms with E-state index in [1.807, 2.05) is 0 Å². The summed E-state index contributed by atoms with van der Waals surface area (Å²) >= 11 is 0. The van der Waals surface area contributed by atoms with Gasteiger partial charge in [0.15, 0.2) is 0 Å². The van der Waals surface area contributed by atoms with Crippen LogP contribution >= 0.6 is 0 Å². The SMILES string of the molecule is FC(F)(F)c1cccc(C2CCON2)c1. The zero-order valence-electron chi connectivity index (χ0n) is 7.84. The minimum absolute atomic E-state index is 0.132. The molecule has 0 saturated carbocycles. The van der Waals surface area contributed by atoms with E-state index in [0.29, 0.717) is 18.6 Å². The van der Waals surface area contributed by atoms with Crippen LogP contribution in [0.5, 0.6) is 0 Å². The molecule has 1 fully saturated rings. The summed E-state index contributed by atoms with van der Waals surface area (Å²) in [6, 6.07) is 5.18. The number of nitrogens with one attached hydrogen (secondary N) is 1. The third-order valence-electron chi connectivity index (χ3n) is 2.35. The summed E-state index contributed by atoms with van der Waals surface area (Å²) in [6.45, 7) is 0.529. The van der Waals surface area contributed by atoms with Crippen molar-refractivity contribution in [1.29, 1.82) is 0 Å². The van der Waals surface area contributed by atoms with Gasteiger partial charge < -0.3 is 4.84 Å². The molecule has 1 N–H and O–H groups in total. The molecule has 1 unspecified atom stereocenters. The van der Waals surface area contributed by atoms with Crippen LogP contribution in [0.4, 0.5) is 13.2 Å². The van der Waals surface area contributed by atoms with Crippen molar-refractivity contribution < 1.29 is 18.0 Å². The fourth-order valence-corrected chi connectivity index (χ4v) is 1.56. The third-order valence-corrected chi connectivity index (χ3v) is 2.35. The molecule has 2 nitrogen and oxygen atoms in total. The Morgan fingerprint density at radius 2 is 2.13 bits per heavy atom. The zero-order valence-corrected chi connectivity index (χ0v) is 7.84. The quantitative estimate of drug-likeness (QED) is 0.780. The van der Waals surface area contributed by atoms with E-state index in [-0.39, 0.29) is 6.04 Å². The molecule has 1 aliphatic heterocycles. The molecule has 0 aromatic heterocycles. The first-order valence-electron chi connectivity index (χ1n) is 4.62. The van der Waals surface area contributed by atoms with Gasteiger partial charge in [-0.3, -0.25) is 0 Å². The number of alkyl halides is 3. The van der Waals surface area contributed by atoms with E-state index >= 15 is 0 Å². The highest BCUT2D eigenvalue weighted by Gasteiger charge is 2.31. The van der Waals surface area contributed by atoms with Crippen LogP contribution in [0.15, 0.2) is 24.3 Å². The van der Waals surface area contributed by atoms with Crippen molar-refractivity contribution in [2.75, 3.05) is 6.61 Å². The highest BCUT2D eigenvalue weighted by atomic mass is 19.4. The maximum atomic E-state index is 12.4. The molecular formula is C10H10F3NO. The number of rotatable bonds is 1. The molecule has 82 valence electrons. The van der Waals surface area contributed by atoms with E-state index < -0.39 is 11.7 Å². The maximum Gasteiger partial charge on any atom is 0.416 e. The molecule has 1 aromatic carbocycles. The summed E-state index contributed by atoms with van der Waals surface area (Å²) in [4.78, 5) is 4.91. The minimum Gasteiger partial charge on any atom is -0.301 e. The van der Waals surface area contributed by atoms with Gasteiger partial charge in [0.25, 0.3) is 0 Å². The number of hydroxylamine groups is 1. The van der Waals surface area contributed by atoms with Gasteiger partial charge >= 0.3 is 6.18 Å². The molecule has 0 amide bonds. The van der Waals surface area contributed by atoms with Crippen molar-refractivity contribution in [3.63, 3.8) is 0 Å². The molecule has 1 heterocycles. The summed E-state index contributed by atoms with van der Waals surface area (Å²) < 4.78 is 37.2. The van der Waals surface area contributed by atoms with Crippen LogP contribution in [-0.4, -0.2) is 6.61 Å². The van der Waals surface area contributed by atoms with Crippen molar-refractivity contribution in [2.24, 2.45) is 0 Å². The first-order chi connectivity index (χ1) is 7.07. The first kappa shape index (κ1) is 10.4. The zero-order chi connectivity index (χ0) is 10.9. The third kappa shape index (κ3) is 2.30. The molecular weight excluding hydrogens is 207 g/mol. The molecule has 1 aromatic rings. The monoisotopic (exact) mass is 217 g/mol. The predicted molar refractivity (Wildman–Crippen MR) is 47.9 cm³/mol. The van der Waals surface area contributed by atoms with Crippen LogP contribution in [-0.2, 0) is 11.0 Å². The Morgan fingerprint density at radius 3 is 2.73 bits per heavy atom. The van der Waals surface area contributed by atoms with Crippen molar-refractivity contribution in [3.05, 3.63) is 35.4 Å². The van der Waals surface area contributed by atoms with Gasteiger partial charge in [0.05, 0.1) is 18.2 Å². The minimum atomic E-state index is -4.28. The summed E-state index contributed by atoms with van der Waals surface area (Å²) in [5, 5.41) is 0. The fourth-order valence-electron chi connectivity index (χ4n) is 1.56. The highest BCUT2D eigenvalue weighted by Crippen LogP contribution is 2.31. The van der Waals surface area contributed by atoms with Crippen molar-refractivity contribution in [1.82, 2.24) is 5.48 Å². The number of hydrogen-bond donors (Lipinski definition) is 1. The average molecular weight is 217 g/mol. The summed E-state index contributed by atoms with van der Waals surface area (Å²) in [7, 11) is 0. The van der Waals surface area contributed by atoms with E-state index in [1.165, 1.54) is 6.07 Å². The smallest absolute Gasteiger partial charge is 0.301 e. The summed E-state index contributed by atoms with van der Waals surface area (Å²) in [5.74, 6) is 0. The molecule has 2 rings (SSSR count). The van der Waals surface area contributed by atoms with Crippen molar-refractivity contribution >= 4 is 0 Å². The summed E-state index contributed by atoms with van der Waals surface area (Å²) in [6.07, 6.45) is -3.59. The van der Waals surface area contributed by atoms with E-state index in [0.717, 1.165) is 12.1 Å². The molecule has 1 atom stereocenters.